The lowest BCUT2D eigenvalue weighted by Gasteiger charge is -2.22. The minimum Gasteiger partial charge on any atom is -0.309 e. The summed E-state index contributed by atoms with van der Waals surface area (Å²) in [6.07, 6.45) is 0. The van der Waals surface area contributed by atoms with E-state index >= 15 is 0 Å². The maximum atomic E-state index is 2.58. The van der Waals surface area contributed by atoms with Gasteiger partial charge >= 0.3 is 0 Å². The lowest BCUT2D eigenvalue weighted by molar-refractivity contribution is 0.662. The molecule has 0 saturated heterocycles. The highest BCUT2D eigenvalue weighted by Gasteiger charge is 2.37. The maximum Gasteiger partial charge on any atom is 0.0640 e. The molecular weight excluding hydrogens is 921 g/mol. The Hall–Kier alpha value is -8.54. The smallest absolute Gasteiger partial charge is 0.0640 e. The summed E-state index contributed by atoms with van der Waals surface area (Å²) in [5.41, 5.74) is 14.9. The van der Waals surface area contributed by atoms with Crippen LogP contribution in [0.1, 0.15) is 25.0 Å². The monoisotopic (exact) mass is 962 g/mol. The van der Waals surface area contributed by atoms with Crippen molar-refractivity contribution in [3.63, 3.8) is 0 Å². The number of rotatable bonds is 3. The van der Waals surface area contributed by atoms with Gasteiger partial charge in [-0.3, -0.25) is 0 Å². The van der Waals surface area contributed by atoms with Crippen molar-refractivity contribution in [1.82, 2.24) is 9.13 Å². The van der Waals surface area contributed by atoms with Crippen LogP contribution in [-0.2, 0) is 5.41 Å². The molecule has 17 rings (SSSR count). The Bertz CT molecular complexity index is 5130. The van der Waals surface area contributed by atoms with Gasteiger partial charge in [0.05, 0.1) is 32.5 Å². The Morgan fingerprint density at radius 2 is 0.795 bits per heavy atom. The van der Waals surface area contributed by atoms with Gasteiger partial charge in [0.25, 0.3) is 0 Å². The van der Waals surface area contributed by atoms with E-state index in [1.165, 1.54) is 161 Å². The molecule has 0 spiro atoms. The molecule has 2 nitrogen and oxygen atoms in total. The number of nitrogens with zero attached hydrogens (tertiary/aromatic N) is 2. The minimum atomic E-state index is -0.225. The van der Waals surface area contributed by atoms with E-state index in [2.05, 4.69) is 241 Å². The molecule has 0 amide bonds. The SMILES string of the molecule is CC1(C)c2cc3c4ccccc4c4ccccc4c3cc2-c2cc3c(cc21)c1cc(-c2ccc4c(c2)c2ccccc2n4-c2ccc4sc5ccccc5c4c2)ccc1n3-c1cccc2c1sc1ccccc12. The Morgan fingerprint density at radius 1 is 0.301 bits per heavy atom. The molecule has 0 saturated carbocycles. The lowest BCUT2D eigenvalue weighted by atomic mass is 9.81. The van der Waals surface area contributed by atoms with E-state index in [1.807, 2.05) is 22.7 Å². The molecule has 4 heterocycles. The zero-order valence-electron chi connectivity index (χ0n) is 40.0. The molecule has 0 radical (unpaired) electrons. The Balaban J connectivity index is 0.907. The van der Waals surface area contributed by atoms with Crippen molar-refractivity contribution in [2.75, 3.05) is 0 Å². The van der Waals surface area contributed by atoms with Gasteiger partial charge in [0, 0.05) is 68.3 Å². The fraction of sp³-hybridized carbons (Fsp3) is 0.0435. The largest absolute Gasteiger partial charge is 0.309 e. The average molecular weight is 963 g/mol. The number of hydrogen-bond donors (Lipinski definition) is 0. The van der Waals surface area contributed by atoms with E-state index in [1.54, 1.807) is 0 Å². The summed E-state index contributed by atoms with van der Waals surface area (Å²) < 4.78 is 10.3. The highest BCUT2D eigenvalue weighted by molar-refractivity contribution is 7.26. The van der Waals surface area contributed by atoms with Gasteiger partial charge in [0.1, 0.15) is 0 Å². The van der Waals surface area contributed by atoms with Crippen LogP contribution in [0.4, 0.5) is 0 Å². The van der Waals surface area contributed by atoms with E-state index in [9.17, 15) is 0 Å². The first kappa shape index (κ1) is 40.1. The molecule has 16 aromatic rings. The Labute approximate surface area is 427 Å². The number of fused-ring (bicyclic) bond motifs is 21. The number of aromatic nitrogens is 2. The molecule has 0 atom stereocenters. The van der Waals surface area contributed by atoms with Crippen LogP contribution in [0.15, 0.2) is 218 Å². The van der Waals surface area contributed by atoms with Crippen LogP contribution in [0.3, 0.4) is 0 Å². The van der Waals surface area contributed by atoms with Crippen molar-refractivity contribution in [3.8, 4) is 33.6 Å². The molecule has 12 aromatic carbocycles. The molecular formula is C69H42N2S2. The second-order valence-corrected chi connectivity index (χ2v) is 22.9. The predicted molar refractivity (Wildman–Crippen MR) is 316 cm³/mol. The number of para-hydroxylation sites is 1. The van der Waals surface area contributed by atoms with Gasteiger partial charge in [-0.05, 0) is 157 Å². The summed E-state index contributed by atoms with van der Waals surface area (Å²) in [5.74, 6) is 0. The van der Waals surface area contributed by atoms with E-state index in [0.29, 0.717) is 0 Å². The Morgan fingerprint density at radius 3 is 1.51 bits per heavy atom. The summed E-state index contributed by atoms with van der Waals surface area (Å²) in [5, 5.41) is 18.2. The molecule has 0 aliphatic heterocycles. The van der Waals surface area contributed by atoms with Crippen LogP contribution >= 0.6 is 22.7 Å². The van der Waals surface area contributed by atoms with Crippen molar-refractivity contribution < 1.29 is 0 Å². The van der Waals surface area contributed by atoms with Crippen molar-refractivity contribution >= 4 is 139 Å². The summed E-state index contributed by atoms with van der Waals surface area (Å²) in [6, 6.07) is 82.9. The number of hydrogen-bond acceptors (Lipinski definition) is 2. The highest BCUT2D eigenvalue weighted by Crippen LogP contribution is 2.54. The van der Waals surface area contributed by atoms with Crippen LogP contribution in [0.25, 0.3) is 150 Å². The van der Waals surface area contributed by atoms with E-state index in [4.69, 9.17) is 0 Å². The third kappa shape index (κ3) is 5.36. The Kier molecular flexibility index (Phi) is 7.87. The first-order valence-electron chi connectivity index (χ1n) is 25.3. The van der Waals surface area contributed by atoms with Crippen LogP contribution in [0.5, 0.6) is 0 Å². The molecule has 340 valence electrons. The second kappa shape index (κ2) is 14.3. The van der Waals surface area contributed by atoms with Crippen LogP contribution in [0, 0.1) is 0 Å². The van der Waals surface area contributed by atoms with E-state index < -0.39 is 0 Å². The zero-order chi connectivity index (χ0) is 47.8. The van der Waals surface area contributed by atoms with Gasteiger partial charge < -0.3 is 9.13 Å². The molecule has 0 N–H and O–H groups in total. The highest BCUT2D eigenvalue weighted by atomic mass is 32.1. The first-order chi connectivity index (χ1) is 35.9. The minimum absolute atomic E-state index is 0.225. The third-order valence-electron chi connectivity index (χ3n) is 16.7. The van der Waals surface area contributed by atoms with Crippen LogP contribution in [-0.4, -0.2) is 9.13 Å². The second-order valence-electron chi connectivity index (χ2n) is 20.8. The molecule has 0 bridgehead atoms. The summed E-state index contributed by atoms with van der Waals surface area (Å²) >= 11 is 3.77. The summed E-state index contributed by atoms with van der Waals surface area (Å²) in [7, 11) is 0. The van der Waals surface area contributed by atoms with Crippen LogP contribution in [0.2, 0.25) is 0 Å². The maximum absolute atomic E-state index is 2.58. The third-order valence-corrected chi connectivity index (χ3v) is 19.0. The number of thiophene rings is 2. The summed E-state index contributed by atoms with van der Waals surface area (Å²) in [6.45, 7) is 4.88. The molecule has 73 heavy (non-hydrogen) atoms. The average Bonchev–Trinajstić information content (AvgIpc) is 4.23. The molecule has 0 unspecified atom stereocenters. The van der Waals surface area contributed by atoms with Gasteiger partial charge in [-0.25, -0.2) is 0 Å². The van der Waals surface area contributed by atoms with E-state index in [0.717, 1.165) is 0 Å². The van der Waals surface area contributed by atoms with Crippen molar-refractivity contribution in [3.05, 3.63) is 230 Å². The fourth-order valence-corrected chi connectivity index (χ4v) is 15.6. The summed E-state index contributed by atoms with van der Waals surface area (Å²) in [4.78, 5) is 0. The van der Waals surface area contributed by atoms with Gasteiger partial charge in [0.2, 0.25) is 0 Å². The zero-order valence-corrected chi connectivity index (χ0v) is 41.6. The molecule has 4 heteroatoms. The first-order valence-corrected chi connectivity index (χ1v) is 26.9. The van der Waals surface area contributed by atoms with E-state index in [-0.39, 0.29) is 5.41 Å². The predicted octanol–water partition coefficient (Wildman–Crippen LogP) is 20.0. The van der Waals surface area contributed by atoms with Gasteiger partial charge in [-0.15, -0.1) is 22.7 Å². The molecule has 4 aromatic heterocycles. The van der Waals surface area contributed by atoms with Crippen molar-refractivity contribution in [1.29, 1.82) is 0 Å². The normalized spacial score (nSPS) is 13.5. The fourth-order valence-electron chi connectivity index (χ4n) is 13.3. The van der Waals surface area contributed by atoms with Gasteiger partial charge in [0.15, 0.2) is 0 Å². The molecule has 1 aliphatic carbocycles. The molecule has 1 aliphatic rings. The molecule has 0 fully saturated rings. The van der Waals surface area contributed by atoms with Crippen LogP contribution < -0.4 is 0 Å². The quantitative estimate of drug-likeness (QED) is 0.156. The number of benzene rings is 12. The lowest BCUT2D eigenvalue weighted by Crippen LogP contribution is -2.15. The van der Waals surface area contributed by atoms with Gasteiger partial charge in [-0.1, -0.05) is 141 Å². The van der Waals surface area contributed by atoms with Crippen molar-refractivity contribution in [2.24, 2.45) is 0 Å². The standard InChI is InChI=1S/C69H42N2S2/c1-69(2)58-36-51-45-17-6-4-15-43(45)42-14-3-5-16-44(42)50(51)35-52(58)53-38-64-56(37-59(53)69)55-33-40(27-30-62(55)71(64)63-23-13-21-49-47-19-8-12-25-66(47)73-68(49)63)39-26-29-61-54(32-39)46-18-7-10-22-60(46)70(61)41-28-31-67-57(34-41)48-20-9-11-24-65(48)72-67/h3-38H,1-2H3. The topological polar surface area (TPSA) is 9.86 Å². The van der Waals surface area contributed by atoms with Gasteiger partial charge in [-0.2, -0.15) is 0 Å². The van der Waals surface area contributed by atoms with Crippen molar-refractivity contribution in [2.45, 2.75) is 19.3 Å².